The van der Waals surface area contributed by atoms with E-state index in [9.17, 15) is 14.7 Å². The fraction of sp³-hybridized carbons (Fsp3) is 0.619. The second-order valence-corrected chi connectivity index (χ2v) is 7.86. The van der Waals surface area contributed by atoms with E-state index in [1.165, 1.54) is 5.69 Å². The van der Waals surface area contributed by atoms with Crippen LogP contribution in [0.1, 0.15) is 38.5 Å². The Balaban J connectivity index is 1.60. The summed E-state index contributed by atoms with van der Waals surface area (Å²) in [4.78, 5) is 28.1. The SMILES string of the molecule is CN(CC[C@H]1CN(C(=O)C2CCC2)CC[C@H]1CC(=O)O)c1ccccc1. The van der Waals surface area contributed by atoms with Crippen molar-refractivity contribution >= 4 is 17.6 Å². The molecule has 0 spiro atoms. The van der Waals surface area contributed by atoms with Crippen molar-refractivity contribution in [3.8, 4) is 0 Å². The average Bonchev–Trinajstić information content (AvgIpc) is 2.59. The van der Waals surface area contributed by atoms with E-state index in [4.69, 9.17) is 0 Å². The van der Waals surface area contributed by atoms with Gasteiger partial charge in [-0.05, 0) is 49.7 Å². The zero-order valence-corrected chi connectivity index (χ0v) is 15.6. The average molecular weight is 358 g/mol. The number of hydrogen-bond donors (Lipinski definition) is 1. The number of nitrogens with zero attached hydrogens (tertiary/aromatic N) is 2. The maximum Gasteiger partial charge on any atom is 0.303 e. The summed E-state index contributed by atoms with van der Waals surface area (Å²) in [7, 11) is 2.07. The summed E-state index contributed by atoms with van der Waals surface area (Å²) in [5, 5.41) is 9.26. The van der Waals surface area contributed by atoms with Crippen molar-refractivity contribution in [1.82, 2.24) is 4.90 Å². The molecular weight excluding hydrogens is 328 g/mol. The first-order valence-corrected chi connectivity index (χ1v) is 9.81. The molecule has 3 rings (SSSR count). The molecule has 0 unspecified atom stereocenters. The van der Waals surface area contributed by atoms with Gasteiger partial charge in [0, 0.05) is 44.7 Å². The number of anilines is 1. The summed E-state index contributed by atoms with van der Waals surface area (Å²) < 4.78 is 0. The highest BCUT2D eigenvalue weighted by Crippen LogP contribution is 2.34. The van der Waals surface area contributed by atoms with Crippen molar-refractivity contribution in [2.75, 3.05) is 31.6 Å². The van der Waals surface area contributed by atoms with Crippen LogP contribution < -0.4 is 4.90 Å². The molecule has 1 heterocycles. The van der Waals surface area contributed by atoms with Crippen molar-refractivity contribution in [2.45, 2.75) is 38.5 Å². The standard InChI is InChI=1S/C21H30N2O3/c1-22(19-8-3-2-4-9-19)12-10-18-15-23(21(26)16-6-5-7-16)13-11-17(18)14-20(24)25/h2-4,8-9,16-18H,5-7,10-15H2,1H3,(H,24,25)/t17-,18-/m0/s1. The van der Waals surface area contributed by atoms with Gasteiger partial charge in [-0.2, -0.15) is 0 Å². The molecule has 0 bridgehead atoms. The Morgan fingerprint density at radius 1 is 1.15 bits per heavy atom. The lowest BCUT2D eigenvalue weighted by Crippen LogP contribution is -2.48. The molecule has 2 fully saturated rings. The number of hydrogen-bond acceptors (Lipinski definition) is 3. The van der Waals surface area contributed by atoms with Gasteiger partial charge in [-0.1, -0.05) is 24.6 Å². The van der Waals surface area contributed by atoms with E-state index in [2.05, 4.69) is 24.1 Å². The third-order valence-corrected chi connectivity index (χ3v) is 6.13. The highest BCUT2D eigenvalue weighted by molar-refractivity contribution is 5.79. The van der Waals surface area contributed by atoms with Crippen LogP contribution in [0.25, 0.3) is 0 Å². The van der Waals surface area contributed by atoms with Crippen LogP contribution in [0.3, 0.4) is 0 Å². The largest absolute Gasteiger partial charge is 0.481 e. The van der Waals surface area contributed by atoms with Crippen molar-refractivity contribution in [1.29, 1.82) is 0 Å². The number of piperidine rings is 1. The Morgan fingerprint density at radius 3 is 2.50 bits per heavy atom. The van der Waals surface area contributed by atoms with Gasteiger partial charge < -0.3 is 14.9 Å². The molecule has 2 aliphatic rings. The van der Waals surface area contributed by atoms with Gasteiger partial charge >= 0.3 is 5.97 Å². The van der Waals surface area contributed by atoms with Gasteiger partial charge in [-0.3, -0.25) is 9.59 Å². The van der Waals surface area contributed by atoms with E-state index in [1.54, 1.807) is 0 Å². The van der Waals surface area contributed by atoms with E-state index in [0.29, 0.717) is 5.91 Å². The first-order chi connectivity index (χ1) is 12.5. The van der Waals surface area contributed by atoms with Crippen LogP contribution in [0.15, 0.2) is 30.3 Å². The lowest BCUT2D eigenvalue weighted by molar-refractivity contribution is -0.142. The van der Waals surface area contributed by atoms with E-state index in [0.717, 1.165) is 51.7 Å². The van der Waals surface area contributed by atoms with Crippen LogP contribution in [-0.4, -0.2) is 48.6 Å². The molecule has 1 N–H and O–H groups in total. The Hall–Kier alpha value is -2.04. The minimum absolute atomic E-state index is 0.169. The predicted molar refractivity (Wildman–Crippen MR) is 102 cm³/mol. The Labute approximate surface area is 156 Å². The third-order valence-electron chi connectivity index (χ3n) is 6.13. The van der Waals surface area contributed by atoms with E-state index >= 15 is 0 Å². The van der Waals surface area contributed by atoms with Crippen molar-refractivity contribution in [3.05, 3.63) is 30.3 Å². The number of carbonyl (C=O) groups excluding carboxylic acids is 1. The summed E-state index contributed by atoms with van der Waals surface area (Å²) in [6.07, 6.45) is 5.15. The van der Waals surface area contributed by atoms with Gasteiger partial charge in [0.15, 0.2) is 0 Å². The van der Waals surface area contributed by atoms with Crippen molar-refractivity contribution < 1.29 is 14.7 Å². The number of rotatable bonds is 7. The summed E-state index contributed by atoms with van der Waals surface area (Å²) >= 11 is 0. The number of carboxylic acids is 1. The Kier molecular flexibility index (Phi) is 6.17. The maximum absolute atomic E-state index is 12.6. The number of likely N-dealkylation sites (tertiary alicyclic amines) is 1. The third kappa shape index (κ3) is 4.57. The number of carbonyl (C=O) groups is 2. The molecule has 5 heteroatoms. The number of amides is 1. The van der Waals surface area contributed by atoms with Crippen LogP contribution in [0.5, 0.6) is 0 Å². The summed E-state index contributed by atoms with van der Waals surface area (Å²) in [6.45, 7) is 2.31. The molecule has 2 atom stereocenters. The molecule has 1 aromatic carbocycles. The number of benzene rings is 1. The number of carboxylic acid groups (broad SMARTS) is 1. The lowest BCUT2D eigenvalue weighted by Gasteiger charge is -2.41. The van der Waals surface area contributed by atoms with E-state index < -0.39 is 5.97 Å². The smallest absolute Gasteiger partial charge is 0.303 e. The monoisotopic (exact) mass is 358 g/mol. The maximum atomic E-state index is 12.6. The van der Waals surface area contributed by atoms with Gasteiger partial charge in [0.2, 0.25) is 5.91 Å². The molecule has 1 saturated heterocycles. The zero-order chi connectivity index (χ0) is 18.5. The minimum Gasteiger partial charge on any atom is -0.481 e. The Bertz CT molecular complexity index is 615. The minimum atomic E-state index is -0.727. The molecule has 26 heavy (non-hydrogen) atoms. The van der Waals surface area contributed by atoms with Gasteiger partial charge in [0.05, 0.1) is 0 Å². The normalized spacial score (nSPS) is 23.3. The molecule has 142 valence electrons. The zero-order valence-electron chi connectivity index (χ0n) is 15.6. The van der Waals surface area contributed by atoms with Gasteiger partial charge in [0.25, 0.3) is 0 Å². The molecule has 5 nitrogen and oxygen atoms in total. The van der Waals surface area contributed by atoms with E-state index in [-0.39, 0.29) is 24.2 Å². The van der Waals surface area contributed by atoms with Gasteiger partial charge in [-0.15, -0.1) is 0 Å². The molecule has 1 amide bonds. The first-order valence-electron chi connectivity index (χ1n) is 9.81. The highest BCUT2D eigenvalue weighted by Gasteiger charge is 2.36. The Morgan fingerprint density at radius 2 is 1.88 bits per heavy atom. The van der Waals surface area contributed by atoms with Gasteiger partial charge in [0.1, 0.15) is 0 Å². The molecule has 0 radical (unpaired) electrons. The molecule has 1 aliphatic heterocycles. The highest BCUT2D eigenvalue weighted by atomic mass is 16.4. The lowest BCUT2D eigenvalue weighted by atomic mass is 9.79. The number of aliphatic carboxylic acids is 1. The van der Waals surface area contributed by atoms with Crippen LogP contribution in [0, 0.1) is 17.8 Å². The molecular formula is C21H30N2O3. The second kappa shape index (κ2) is 8.56. The van der Waals surface area contributed by atoms with Gasteiger partial charge in [-0.25, -0.2) is 0 Å². The molecule has 1 aromatic rings. The first kappa shape index (κ1) is 18.7. The second-order valence-electron chi connectivity index (χ2n) is 7.86. The van der Waals surface area contributed by atoms with Crippen LogP contribution >= 0.6 is 0 Å². The topological polar surface area (TPSA) is 60.9 Å². The van der Waals surface area contributed by atoms with Crippen molar-refractivity contribution in [3.63, 3.8) is 0 Å². The summed E-state index contributed by atoms with van der Waals surface area (Å²) in [5.74, 6) is 0.220. The molecule has 1 aliphatic carbocycles. The fourth-order valence-electron chi connectivity index (χ4n) is 4.19. The molecule has 0 aromatic heterocycles. The van der Waals surface area contributed by atoms with Crippen molar-refractivity contribution in [2.24, 2.45) is 17.8 Å². The van der Waals surface area contributed by atoms with E-state index in [1.807, 2.05) is 23.1 Å². The summed E-state index contributed by atoms with van der Waals surface area (Å²) in [5.41, 5.74) is 1.17. The van der Waals surface area contributed by atoms with Crippen LogP contribution in [0.2, 0.25) is 0 Å². The fourth-order valence-corrected chi connectivity index (χ4v) is 4.19. The van der Waals surface area contributed by atoms with Crippen LogP contribution in [0.4, 0.5) is 5.69 Å². The molecule has 1 saturated carbocycles. The van der Waals surface area contributed by atoms with Crippen LogP contribution in [-0.2, 0) is 9.59 Å². The predicted octanol–water partition coefficient (Wildman–Crippen LogP) is 3.25. The quantitative estimate of drug-likeness (QED) is 0.813. The number of para-hydroxylation sites is 1. The summed E-state index contributed by atoms with van der Waals surface area (Å²) in [6, 6.07) is 10.2.